The van der Waals surface area contributed by atoms with Crippen molar-refractivity contribution in [3.8, 4) is 0 Å². The highest BCUT2D eigenvalue weighted by Gasteiger charge is 2.37. The summed E-state index contributed by atoms with van der Waals surface area (Å²) in [4.78, 5) is 10.6. The molecule has 0 spiro atoms. The number of hydrogen-bond acceptors (Lipinski definition) is 2. The first kappa shape index (κ1) is 13.9. The lowest BCUT2D eigenvalue weighted by molar-refractivity contribution is -0.165. The van der Waals surface area contributed by atoms with Gasteiger partial charge in [0.15, 0.2) is 0 Å². The molecule has 7 heteroatoms. The fraction of sp³-hybridized carbons (Fsp3) is 0.100. The SMILES string of the molecule is O=C(C=C(O)c1ccc(Cl)cc1Cl)C(F)(F)F. The molecule has 0 aliphatic heterocycles. The van der Waals surface area contributed by atoms with Crippen LogP contribution >= 0.6 is 23.2 Å². The highest BCUT2D eigenvalue weighted by molar-refractivity contribution is 6.35. The van der Waals surface area contributed by atoms with Crippen molar-refractivity contribution in [2.45, 2.75) is 6.18 Å². The van der Waals surface area contributed by atoms with E-state index >= 15 is 0 Å². The van der Waals surface area contributed by atoms with Gasteiger partial charge >= 0.3 is 6.18 Å². The van der Waals surface area contributed by atoms with E-state index in [4.69, 9.17) is 23.2 Å². The Morgan fingerprint density at radius 3 is 2.35 bits per heavy atom. The lowest BCUT2D eigenvalue weighted by Gasteiger charge is -2.05. The van der Waals surface area contributed by atoms with Crippen LogP contribution in [-0.2, 0) is 4.79 Å². The van der Waals surface area contributed by atoms with E-state index in [1.165, 1.54) is 18.2 Å². The van der Waals surface area contributed by atoms with Crippen molar-refractivity contribution in [3.05, 3.63) is 39.9 Å². The lowest BCUT2D eigenvalue weighted by atomic mass is 10.1. The molecular formula is C10H5Cl2F3O2. The molecule has 0 radical (unpaired) electrons. The fourth-order valence-electron chi connectivity index (χ4n) is 0.981. The molecule has 0 unspecified atom stereocenters. The zero-order valence-electron chi connectivity index (χ0n) is 8.05. The maximum atomic E-state index is 11.9. The maximum absolute atomic E-state index is 11.9. The van der Waals surface area contributed by atoms with Crippen molar-refractivity contribution in [2.75, 3.05) is 0 Å². The molecule has 1 rings (SSSR count). The van der Waals surface area contributed by atoms with Gasteiger partial charge in [0.05, 0.1) is 5.02 Å². The van der Waals surface area contributed by atoms with Crippen molar-refractivity contribution in [1.29, 1.82) is 0 Å². The molecule has 0 amide bonds. The Labute approximate surface area is 104 Å². The molecule has 92 valence electrons. The fourth-order valence-corrected chi connectivity index (χ4v) is 1.49. The van der Waals surface area contributed by atoms with E-state index < -0.39 is 17.7 Å². The summed E-state index contributed by atoms with van der Waals surface area (Å²) in [6.07, 6.45) is -4.97. The quantitative estimate of drug-likeness (QED) is 0.658. The van der Waals surface area contributed by atoms with E-state index in [0.29, 0.717) is 0 Å². The van der Waals surface area contributed by atoms with E-state index in [-0.39, 0.29) is 21.7 Å². The highest BCUT2D eigenvalue weighted by Crippen LogP contribution is 2.27. The van der Waals surface area contributed by atoms with E-state index in [9.17, 15) is 23.1 Å². The number of carbonyl (C=O) groups is 1. The predicted molar refractivity (Wildman–Crippen MR) is 58.1 cm³/mol. The molecule has 0 atom stereocenters. The number of halogens is 5. The minimum atomic E-state index is -5.03. The number of aliphatic hydroxyl groups is 1. The summed E-state index contributed by atoms with van der Waals surface area (Å²) < 4.78 is 35.8. The Morgan fingerprint density at radius 2 is 1.88 bits per heavy atom. The number of hydrogen-bond donors (Lipinski definition) is 1. The van der Waals surface area contributed by atoms with Crippen LogP contribution in [0.5, 0.6) is 0 Å². The predicted octanol–water partition coefficient (Wildman–Crippen LogP) is 4.02. The molecule has 0 heterocycles. The molecule has 0 aliphatic carbocycles. The van der Waals surface area contributed by atoms with Crippen LogP contribution in [0.15, 0.2) is 24.3 Å². The molecule has 0 aromatic heterocycles. The lowest BCUT2D eigenvalue weighted by Crippen LogP contribution is -2.20. The minimum Gasteiger partial charge on any atom is -0.507 e. The van der Waals surface area contributed by atoms with Crippen LogP contribution in [0.25, 0.3) is 5.76 Å². The number of allylic oxidation sites excluding steroid dienone is 1. The number of carbonyl (C=O) groups excluding carboxylic acids is 1. The topological polar surface area (TPSA) is 37.3 Å². The summed E-state index contributed by atoms with van der Waals surface area (Å²) in [6, 6.07) is 3.77. The van der Waals surface area contributed by atoms with Crippen molar-refractivity contribution in [1.82, 2.24) is 0 Å². The van der Waals surface area contributed by atoms with Gasteiger partial charge in [0.2, 0.25) is 0 Å². The monoisotopic (exact) mass is 284 g/mol. The van der Waals surface area contributed by atoms with Gasteiger partial charge in [-0.05, 0) is 18.2 Å². The van der Waals surface area contributed by atoms with Gasteiger partial charge in [-0.15, -0.1) is 0 Å². The average molecular weight is 285 g/mol. The van der Waals surface area contributed by atoms with Gasteiger partial charge in [0, 0.05) is 16.7 Å². The number of aliphatic hydroxyl groups excluding tert-OH is 1. The van der Waals surface area contributed by atoms with Crippen LogP contribution in [0.4, 0.5) is 13.2 Å². The van der Waals surface area contributed by atoms with Gasteiger partial charge in [0.1, 0.15) is 5.76 Å². The second-order valence-electron chi connectivity index (χ2n) is 3.02. The van der Waals surface area contributed by atoms with Crippen LogP contribution in [0, 0.1) is 0 Å². The Balaban J connectivity index is 3.09. The summed E-state index contributed by atoms with van der Waals surface area (Å²) in [5.74, 6) is -3.03. The number of rotatable bonds is 2. The minimum absolute atomic E-state index is 0.0544. The zero-order valence-corrected chi connectivity index (χ0v) is 9.57. The largest absolute Gasteiger partial charge is 0.507 e. The van der Waals surface area contributed by atoms with Gasteiger partial charge in [-0.2, -0.15) is 13.2 Å². The first-order valence-corrected chi connectivity index (χ1v) is 4.94. The highest BCUT2D eigenvalue weighted by atomic mass is 35.5. The summed E-state index contributed by atoms with van der Waals surface area (Å²) in [6.45, 7) is 0. The van der Waals surface area contributed by atoms with Gasteiger partial charge < -0.3 is 5.11 Å². The Hall–Kier alpha value is -1.20. The second kappa shape index (κ2) is 4.98. The number of ketones is 1. The van der Waals surface area contributed by atoms with Gasteiger partial charge in [-0.25, -0.2) is 0 Å². The van der Waals surface area contributed by atoms with Gasteiger partial charge in [-0.3, -0.25) is 4.79 Å². The molecule has 1 aromatic rings. The van der Waals surface area contributed by atoms with E-state index in [2.05, 4.69) is 0 Å². The molecular weight excluding hydrogens is 280 g/mol. The maximum Gasteiger partial charge on any atom is 0.454 e. The summed E-state index contributed by atoms with van der Waals surface area (Å²) in [7, 11) is 0. The first-order chi connectivity index (χ1) is 7.71. The van der Waals surface area contributed by atoms with Crippen molar-refractivity contribution in [3.63, 3.8) is 0 Å². The summed E-state index contributed by atoms with van der Waals surface area (Å²) in [5, 5.41) is 9.54. The van der Waals surface area contributed by atoms with Crippen LogP contribution in [-0.4, -0.2) is 17.1 Å². The molecule has 17 heavy (non-hydrogen) atoms. The van der Waals surface area contributed by atoms with Crippen LogP contribution in [0.2, 0.25) is 10.0 Å². The normalized spacial score (nSPS) is 12.6. The summed E-state index contributed by atoms with van der Waals surface area (Å²) >= 11 is 11.2. The smallest absolute Gasteiger partial charge is 0.454 e. The Morgan fingerprint density at radius 1 is 1.29 bits per heavy atom. The van der Waals surface area contributed by atoms with Crippen LogP contribution in [0.1, 0.15) is 5.56 Å². The molecule has 2 nitrogen and oxygen atoms in total. The molecule has 0 bridgehead atoms. The van der Waals surface area contributed by atoms with Gasteiger partial charge in [0.25, 0.3) is 5.78 Å². The number of alkyl halides is 3. The molecule has 1 aromatic carbocycles. The molecule has 0 saturated heterocycles. The Bertz CT molecular complexity index is 481. The standard InChI is InChI=1S/C10H5Cl2F3O2/c11-5-1-2-6(7(12)3-5)8(16)4-9(17)10(13,14)15/h1-4,16H. The van der Waals surface area contributed by atoms with Gasteiger partial charge in [-0.1, -0.05) is 23.2 Å². The third kappa shape index (κ3) is 3.64. The van der Waals surface area contributed by atoms with Crippen LogP contribution in [0.3, 0.4) is 0 Å². The van der Waals surface area contributed by atoms with E-state index in [1.807, 2.05) is 0 Å². The molecule has 0 saturated carbocycles. The van der Waals surface area contributed by atoms with Crippen LogP contribution < -0.4 is 0 Å². The van der Waals surface area contributed by atoms with Crippen molar-refractivity contribution < 1.29 is 23.1 Å². The second-order valence-corrected chi connectivity index (χ2v) is 3.86. The Kier molecular flexibility index (Phi) is 4.06. The number of benzene rings is 1. The van der Waals surface area contributed by atoms with E-state index in [1.54, 1.807) is 0 Å². The molecule has 0 fully saturated rings. The third-order valence-electron chi connectivity index (χ3n) is 1.75. The molecule has 1 N–H and O–H groups in total. The average Bonchev–Trinajstić information content (AvgIpc) is 2.15. The molecule has 0 aliphatic rings. The van der Waals surface area contributed by atoms with Crippen molar-refractivity contribution >= 4 is 34.7 Å². The third-order valence-corrected chi connectivity index (χ3v) is 2.30. The first-order valence-electron chi connectivity index (χ1n) is 4.19. The zero-order chi connectivity index (χ0) is 13.2. The summed E-state index contributed by atoms with van der Waals surface area (Å²) in [5.41, 5.74) is -0.103. The van der Waals surface area contributed by atoms with Crippen molar-refractivity contribution in [2.24, 2.45) is 0 Å². The van der Waals surface area contributed by atoms with E-state index in [0.717, 1.165) is 0 Å².